The second-order valence-corrected chi connectivity index (χ2v) is 7.50. The highest BCUT2D eigenvalue weighted by molar-refractivity contribution is 8.13. The number of carbonyl (C=O) groups excluding carboxylic acids is 1. The third kappa shape index (κ3) is 5.94. The van der Waals surface area contributed by atoms with Crippen molar-refractivity contribution in [2.24, 2.45) is 0 Å². The molecule has 0 heterocycles. The van der Waals surface area contributed by atoms with Crippen LogP contribution in [0.15, 0.2) is 29.2 Å². The van der Waals surface area contributed by atoms with Crippen molar-refractivity contribution in [1.82, 2.24) is 5.32 Å². The minimum absolute atomic E-state index is 0.0233. The number of hydrogen-bond acceptors (Lipinski definition) is 4. The Morgan fingerprint density at radius 3 is 2.21 bits per heavy atom. The van der Waals surface area contributed by atoms with Crippen molar-refractivity contribution in [2.45, 2.75) is 37.8 Å². The summed E-state index contributed by atoms with van der Waals surface area (Å²) in [6.45, 7) is 5.56. The third-order valence-corrected chi connectivity index (χ3v) is 3.41. The molecular weight excluding hydrogens is 290 g/mol. The molecule has 0 aliphatic heterocycles. The maximum Gasteiger partial charge on any atom is 0.407 e. The van der Waals surface area contributed by atoms with Crippen molar-refractivity contribution in [3.63, 3.8) is 0 Å². The molecule has 1 aromatic rings. The van der Waals surface area contributed by atoms with Crippen molar-refractivity contribution in [3.8, 4) is 0 Å². The highest BCUT2D eigenvalue weighted by Crippen LogP contribution is 2.15. The van der Waals surface area contributed by atoms with E-state index in [4.69, 9.17) is 15.4 Å². The van der Waals surface area contributed by atoms with Crippen LogP contribution in [0.4, 0.5) is 4.79 Å². The smallest absolute Gasteiger partial charge is 0.407 e. The van der Waals surface area contributed by atoms with Gasteiger partial charge in [0.1, 0.15) is 5.60 Å². The number of rotatable bonds is 3. The second-order valence-electron chi connectivity index (χ2n) is 4.94. The average Bonchev–Trinajstić information content (AvgIpc) is 2.23. The van der Waals surface area contributed by atoms with Gasteiger partial charge >= 0.3 is 6.09 Å². The van der Waals surface area contributed by atoms with Gasteiger partial charge in [-0.25, -0.2) is 13.2 Å². The minimum Gasteiger partial charge on any atom is -0.444 e. The summed E-state index contributed by atoms with van der Waals surface area (Å²) in [5.41, 5.74) is 0.190. The quantitative estimate of drug-likeness (QED) is 0.871. The first-order chi connectivity index (χ1) is 8.58. The Morgan fingerprint density at radius 1 is 1.26 bits per heavy atom. The highest BCUT2D eigenvalue weighted by atomic mass is 35.7. The van der Waals surface area contributed by atoms with E-state index in [0.717, 1.165) is 5.56 Å². The summed E-state index contributed by atoms with van der Waals surface area (Å²) < 4.78 is 27.2. The topological polar surface area (TPSA) is 72.5 Å². The summed E-state index contributed by atoms with van der Waals surface area (Å²) in [7, 11) is 1.48. The molecule has 1 aromatic carbocycles. The van der Waals surface area contributed by atoms with Crippen LogP contribution in [0.3, 0.4) is 0 Å². The molecule has 1 N–H and O–H groups in total. The van der Waals surface area contributed by atoms with Crippen LogP contribution in [-0.4, -0.2) is 20.1 Å². The zero-order valence-electron chi connectivity index (χ0n) is 10.9. The molecule has 19 heavy (non-hydrogen) atoms. The fourth-order valence-corrected chi connectivity index (χ4v) is 2.03. The van der Waals surface area contributed by atoms with Crippen LogP contribution in [0.5, 0.6) is 0 Å². The monoisotopic (exact) mass is 305 g/mol. The summed E-state index contributed by atoms with van der Waals surface area (Å²) in [4.78, 5) is 11.4. The van der Waals surface area contributed by atoms with Crippen LogP contribution < -0.4 is 5.32 Å². The van der Waals surface area contributed by atoms with E-state index in [1.807, 2.05) is 0 Å². The van der Waals surface area contributed by atoms with Crippen molar-refractivity contribution < 1.29 is 17.9 Å². The standard InChI is InChI=1S/C12H16ClNO4S/c1-12(2,3)18-11(15)14-8-9-4-6-10(7-5-9)19(13,16)17/h4-7H,8H2,1-3H3,(H,14,15). The van der Waals surface area contributed by atoms with Gasteiger partial charge in [-0.05, 0) is 38.5 Å². The number of halogens is 1. The zero-order chi connectivity index (χ0) is 14.7. The summed E-state index contributed by atoms with van der Waals surface area (Å²) in [6.07, 6.45) is -0.526. The number of amides is 1. The Balaban J connectivity index is 2.58. The molecule has 0 bridgehead atoms. The number of hydrogen-bond donors (Lipinski definition) is 1. The lowest BCUT2D eigenvalue weighted by molar-refractivity contribution is 0.0523. The van der Waals surface area contributed by atoms with Gasteiger partial charge in [-0.3, -0.25) is 0 Å². The Hall–Kier alpha value is -1.27. The maximum atomic E-state index is 11.4. The Labute approximate surface area is 117 Å². The van der Waals surface area contributed by atoms with E-state index in [1.165, 1.54) is 12.1 Å². The van der Waals surface area contributed by atoms with Crippen LogP contribution in [0.2, 0.25) is 0 Å². The fraction of sp³-hybridized carbons (Fsp3) is 0.417. The molecule has 0 spiro atoms. The van der Waals surface area contributed by atoms with Gasteiger partial charge < -0.3 is 10.1 Å². The number of nitrogens with one attached hydrogen (secondary N) is 1. The molecule has 0 fully saturated rings. The van der Waals surface area contributed by atoms with Crippen molar-refractivity contribution in [3.05, 3.63) is 29.8 Å². The molecule has 5 nitrogen and oxygen atoms in total. The van der Waals surface area contributed by atoms with Gasteiger partial charge in [0, 0.05) is 17.2 Å². The van der Waals surface area contributed by atoms with Gasteiger partial charge in [0.15, 0.2) is 0 Å². The lowest BCUT2D eigenvalue weighted by atomic mass is 10.2. The normalized spacial score (nSPS) is 12.0. The molecule has 7 heteroatoms. The van der Waals surface area contributed by atoms with Gasteiger partial charge in [-0.1, -0.05) is 12.1 Å². The maximum absolute atomic E-state index is 11.4. The number of benzene rings is 1. The van der Waals surface area contributed by atoms with E-state index in [1.54, 1.807) is 32.9 Å². The molecule has 0 aliphatic rings. The van der Waals surface area contributed by atoms with Gasteiger partial charge in [0.2, 0.25) is 0 Å². The predicted octanol–water partition coefficient (Wildman–Crippen LogP) is 2.64. The third-order valence-electron chi connectivity index (χ3n) is 2.04. The second kappa shape index (κ2) is 5.79. The minimum atomic E-state index is -3.71. The van der Waals surface area contributed by atoms with E-state index in [9.17, 15) is 13.2 Å². The van der Waals surface area contributed by atoms with E-state index >= 15 is 0 Å². The van der Waals surface area contributed by atoms with E-state index in [-0.39, 0.29) is 11.4 Å². The lowest BCUT2D eigenvalue weighted by Crippen LogP contribution is -2.32. The summed E-state index contributed by atoms with van der Waals surface area (Å²) >= 11 is 0. The molecule has 0 aliphatic carbocycles. The van der Waals surface area contributed by atoms with Crippen molar-refractivity contribution in [2.75, 3.05) is 0 Å². The molecule has 0 atom stereocenters. The van der Waals surface area contributed by atoms with Crippen molar-refractivity contribution in [1.29, 1.82) is 0 Å². The molecule has 0 aromatic heterocycles. The molecule has 0 unspecified atom stereocenters. The summed E-state index contributed by atoms with van der Waals surface area (Å²) in [5.74, 6) is 0. The predicted molar refractivity (Wildman–Crippen MR) is 72.6 cm³/mol. The summed E-state index contributed by atoms with van der Waals surface area (Å²) in [6, 6.07) is 5.92. The van der Waals surface area contributed by atoms with E-state index in [0.29, 0.717) is 0 Å². The first-order valence-electron chi connectivity index (χ1n) is 5.58. The van der Waals surface area contributed by atoms with Crippen LogP contribution in [0, 0.1) is 0 Å². The first-order valence-corrected chi connectivity index (χ1v) is 7.89. The molecule has 106 valence electrons. The van der Waals surface area contributed by atoms with E-state index < -0.39 is 20.7 Å². The molecule has 0 radical (unpaired) electrons. The largest absolute Gasteiger partial charge is 0.444 e. The highest BCUT2D eigenvalue weighted by Gasteiger charge is 2.15. The molecular formula is C12H16ClNO4S. The average molecular weight is 306 g/mol. The van der Waals surface area contributed by atoms with Crippen molar-refractivity contribution >= 4 is 25.8 Å². The molecule has 0 saturated heterocycles. The zero-order valence-corrected chi connectivity index (χ0v) is 12.5. The molecule has 1 amide bonds. The SMILES string of the molecule is CC(C)(C)OC(=O)NCc1ccc(S(=O)(=O)Cl)cc1. The van der Waals surface area contributed by atoms with Crippen LogP contribution in [-0.2, 0) is 20.3 Å². The number of alkyl carbamates (subject to hydrolysis) is 1. The fourth-order valence-electron chi connectivity index (χ4n) is 1.26. The first kappa shape index (κ1) is 15.8. The van der Waals surface area contributed by atoms with Gasteiger partial charge in [0.25, 0.3) is 9.05 Å². The van der Waals surface area contributed by atoms with Gasteiger partial charge in [0.05, 0.1) is 4.90 Å². The Kier molecular flexibility index (Phi) is 4.81. The molecule has 0 saturated carbocycles. The van der Waals surface area contributed by atoms with Gasteiger partial charge in [-0.15, -0.1) is 0 Å². The number of ether oxygens (including phenoxy) is 1. The van der Waals surface area contributed by atoms with Crippen LogP contribution >= 0.6 is 10.7 Å². The summed E-state index contributed by atoms with van der Waals surface area (Å²) in [5, 5.41) is 2.57. The van der Waals surface area contributed by atoms with Crippen LogP contribution in [0.25, 0.3) is 0 Å². The molecule has 1 rings (SSSR count). The van der Waals surface area contributed by atoms with Gasteiger partial charge in [-0.2, -0.15) is 0 Å². The van der Waals surface area contributed by atoms with Crippen LogP contribution in [0.1, 0.15) is 26.3 Å². The number of carbonyl (C=O) groups is 1. The Morgan fingerprint density at radius 2 is 1.79 bits per heavy atom. The van der Waals surface area contributed by atoms with E-state index in [2.05, 4.69) is 5.32 Å². The lowest BCUT2D eigenvalue weighted by Gasteiger charge is -2.19. The Bertz CT molecular complexity index is 546.